The second kappa shape index (κ2) is 9.88. The first-order valence-corrected chi connectivity index (χ1v) is 15.2. The topological polar surface area (TPSA) is 54.4 Å². The second-order valence-electron chi connectivity index (χ2n) is 11.6. The summed E-state index contributed by atoms with van der Waals surface area (Å²) in [4.78, 5) is 24.5. The van der Waals surface area contributed by atoms with Crippen molar-refractivity contribution in [3.63, 3.8) is 0 Å². The molecule has 2 aromatic rings. The van der Waals surface area contributed by atoms with Crippen LogP contribution in [0.1, 0.15) is 88.0 Å². The second-order valence-corrected chi connectivity index (χ2v) is 13.4. The van der Waals surface area contributed by atoms with E-state index in [1.165, 1.54) is 27.8 Å². The number of hydrogen-bond acceptors (Lipinski definition) is 3. The molecule has 1 saturated carbocycles. The molecule has 0 aliphatic heterocycles. The van der Waals surface area contributed by atoms with Gasteiger partial charge in [-0.15, -0.1) is 0 Å². The van der Waals surface area contributed by atoms with Gasteiger partial charge in [-0.1, -0.05) is 63.4 Å². The van der Waals surface area contributed by atoms with Crippen LogP contribution in [-0.4, -0.2) is 22.3 Å². The Balaban J connectivity index is 0.000000152. The molecule has 0 heterocycles. The minimum Gasteiger partial charge on any atom is -0.389 e. The van der Waals surface area contributed by atoms with Gasteiger partial charge in [0, 0.05) is 20.8 Å². The van der Waals surface area contributed by atoms with Crippen molar-refractivity contribution in [2.75, 3.05) is 0 Å². The molecule has 4 aliphatic carbocycles. The van der Waals surface area contributed by atoms with E-state index in [1.807, 2.05) is 19.1 Å². The minimum atomic E-state index is -0.851. The SMILES string of the molecule is CC[C@@]12CCC(=O)C=C1CCc1cc(Br)ccc12.CC[C@]12CCC(C)(O)C(Cc3cc(Br)ccc31)C2=O. The molecule has 4 atom stereocenters. The van der Waals surface area contributed by atoms with Gasteiger partial charge >= 0.3 is 0 Å². The molecule has 3 nitrogen and oxygen atoms in total. The Morgan fingerprint density at radius 1 is 0.838 bits per heavy atom. The highest BCUT2D eigenvalue weighted by molar-refractivity contribution is 9.10. The number of Topliss-reactive ketones (excluding diaryl/α,β-unsaturated/α-hetero) is 1. The molecule has 0 radical (unpaired) electrons. The predicted molar refractivity (Wildman–Crippen MR) is 155 cm³/mol. The van der Waals surface area contributed by atoms with Crippen molar-refractivity contribution in [1.29, 1.82) is 0 Å². The highest BCUT2D eigenvalue weighted by Crippen LogP contribution is 2.52. The Kier molecular flexibility index (Phi) is 7.21. The molecule has 196 valence electrons. The van der Waals surface area contributed by atoms with E-state index in [2.05, 4.69) is 76.0 Å². The number of aliphatic hydroxyl groups is 1. The zero-order valence-electron chi connectivity index (χ0n) is 22.0. The minimum absolute atomic E-state index is 0.141. The number of aryl methyl sites for hydroxylation is 1. The van der Waals surface area contributed by atoms with E-state index in [0.29, 0.717) is 25.0 Å². The summed E-state index contributed by atoms with van der Waals surface area (Å²) in [5.74, 6) is 0.318. The van der Waals surface area contributed by atoms with Gasteiger partial charge in [0.25, 0.3) is 0 Å². The van der Waals surface area contributed by atoms with E-state index in [0.717, 1.165) is 47.5 Å². The number of benzene rings is 2. The number of hydrogen-bond donors (Lipinski definition) is 1. The summed E-state index contributed by atoms with van der Waals surface area (Å²) in [6.45, 7) is 6.16. The number of halogens is 2. The maximum atomic E-state index is 12.9. The summed E-state index contributed by atoms with van der Waals surface area (Å²) in [6.07, 6.45) is 9.80. The van der Waals surface area contributed by atoms with E-state index < -0.39 is 5.60 Å². The molecule has 1 N–H and O–H groups in total. The van der Waals surface area contributed by atoms with Gasteiger partial charge in [-0.3, -0.25) is 9.59 Å². The largest absolute Gasteiger partial charge is 0.389 e. The summed E-state index contributed by atoms with van der Waals surface area (Å²) in [6, 6.07) is 12.9. The molecule has 1 fully saturated rings. The van der Waals surface area contributed by atoms with Crippen LogP contribution in [0.25, 0.3) is 0 Å². The normalized spacial score (nSPS) is 31.8. The van der Waals surface area contributed by atoms with Crippen LogP contribution in [0.4, 0.5) is 0 Å². The molecule has 37 heavy (non-hydrogen) atoms. The van der Waals surface area contributed by atoms with Gasteiger partial charge in [-0.05, 0) is 111 Å². The third-order valence-corrected chi connectivity index (χ3v) is 10.8. The van der Waals surface area contributed by atoms with E-state index in [1.54, 1.807) is 0 Å². The predicted octanol–water partition coefficient (Wildman–Crippen LogP) is 7.72. The standard InChI is InChI=1S/C16H19BrO2.C16H17BrO/c1-3-16-7-6-15(2,19)13(14(16)18)9-10-8-11(17)4-5-12(10)16;1-2-16-8-7-14(18)10-12(16)4-3-11-9-13(17)5-6-15(11)16/h4-5,8,13,19H,3,6-7,9H2,1-2H3;5-6,9-10H,2-4,7-8H2,1H3/t13?,15?,16-;16-/m01/s1. The van der Waals surface area contributed by atoms with Crippen LogP contribution in [0.3, 0.4) is 0 Å². The Bertz CT molecular complexity index is 1290. The van der Waals surface area contributed by atoms with Crippen molar-refractivity contribution in [3.8, 4) is 0 Å². The molecule has 2 unspecified atom stereocenters. The lowest BCUT2D eigenvalue weighted by molar-refractivity contribution is -0.147. The molecule has 4 aliphatic rings. The van der Waals surface area contributed by atoms with E-state index in [9.17, 15) is 14.7 Å². The average molecular weight is 628 g/mol. The molecule has 2 bridgehead atoms. The number of allylic oxidation sites excluding steroid dienone is 2. The highest BCUT2D eigenvalue weighted by Gasteiger charge is 2.56. The van der Waals surface area contributed by atoms with E-state index >= 15 is 0 Å². The number of fused-ring (bicyclic) bond motifs is 7. The number of carbonyl (C=O) groups excluding carboxylic acids is 2. The fourth-order valence-electron chi connectivity index (χ4n) is 7.54. The first-order chi connectivity index (χ1) is 17.6. The monoisotopic (exact) mass is 626 g/mol. The van der Waals surface area contributed by atoms with Crippen LogP contribution in [-0.2, 0) is 33.3 Å². The Labute approximate surface area is 237 Å². The van der Waals surface area contributed by atoms with Gasteiger partial charge in [0.15, 0.2) is 5.78 Å². The highest BCUT2D eigenvalue weighted by atomic mass is 79.9. The van der Waals surface area contributed by atoms with E-state index in [4.69, 9.17) is 0 Å². The number of carbonyl (C=O) groups is 2. The lowest BCUT2D eigenvalue weighted by Gasteiger charge is -2.50. The molecule has 0 saturated heterocycles. The summed E-state index contributed by atoms with van der Waals surface area (Å²) >= 11 is 7.06. The quantitative estimate of drug-likeness (QED) is 0.371. The third kappa shape index (κ3) is 4.43. The van der Waals surface area contributed by atoms with Crippen molar-refractivity contribution >= 4 is 43.4 Å². The fraction of sp³-hybridized carbons (Fsp3) is 0.500. The molecule has 5 heteroatoms. The van der Waals surface area contributed by atoms with Gasteiger partial charge in [0.1, 0.15) is 5.78 Å². The molecular formula is C32H36Br2O3. The van der Waals surface area contributed by atoms with Crippen LogP contribution >= 0.6 is 31.9 Å². The molecule has 6 rings (SSSR count). The zero-order chi connectivity index (χ0) is 26.6. The van der Waals surface area contributed by atoms with Crippen molar-refractivity contribution in [2.24, 2.45) is 5.92 Å². The van der Waals surface area contributed by atoms with Crippen molar-refractivity contribution in [1.82, 2.24) is 0 Å². The average Bonchev–Trinajstić information content (AvgIpc) is 2.87. The fourth-order valence-corrected chi connectivity index (χ4v) is 8.36. The molecular weight excluding hydrogens is 592 g/mol. The number of ketones is 2. The summed E-state index contributed by atoms with van der Waals surface area (Å²) < 4.78 is 2.20. The molecule has 0 amide bonds. The van der Waals surface area contributed by atoms with Gasteiger partial charge in [-0.2, -0.15) is 0 Å². The van der Waals surface area contributed by atoms with Crippen LogP contribution < -0.4 is 0 Å². The van der Waals surface area contributed by atoms with Gasteiger partial charge in [0.2, 0.25) is 0 Å². The summed E-state index contributed by atoms with van der Waals surface area (Å²) in [7, 11) is 0. The Morgan fingerprint density at radius 3 is 2.11 bits per heavy atom. The van der Waals surface area contributed by atoms with Gasteiger partial charge < -0.3 is 5.11 Å². The molecule has 2 aromatic carbocycles. The van der Waals surface area contributed by atoms with Gasteiger partial charge in [-0.25, -0.2) is 0 Å². The van der Waals surface area contributed by atoms with Gasteiger partial charge in [0.05, 0.1) is 16.9 Å². The van der Waals surface area contributed by atoms with Crippen molar-refractivity contribution < 1.29 is 14.7 Å². The van der Waals surface area contributed by atoms with E-state index in [-0.39, 0.29) is 22.5 Å². The maximum Gasteiger partial charge on any atom is 0.155 e. The van der Waals surface area contributed by atoms with Crippen LogP contribution in [0.2, 0.25) is 0 Å². The van der Waals surface area contributed by atoms with Crippen LogP contribution in [0.15, 0.2) is 57.0 Å². The van der Waals surface area contributed by atoms with Crippen molar-refractivity contribution in [3.05, 3.63) is 79.2 Å². The first kappa shape index (κ1) is 27.0. The Morgan fingerprint density at radius 2 is 1.46 bits per heavy atom. The third-order valence-electron chi connectivity index (χ3n) is 9.81. The maximum absolute atomic E-state index is 12.9. The lowest BCUT2D eigenvalue weighted by atomic mass is 9.53. The first-order valence-electron chi connectivity index (χ1n) is 13.6. The summed E-state index contributed by atoms with van der Waals surface area (Å²) in [5.41, 5.74) is 5.63. The summed E-state index contributed by atoms with van der Waals surface area (Å²) in [5, 5.41) is 10.5. The lowest BCUT2D eigenvalue weighted by Crippen LogP contribution is -2.57. The Hall–Kier alpha value is -1.56. The number of rotatable bonds is 2. The zero-order valence-corrected chi connectivity index (χ0v) is 25.2. The van der Waals surface area contributed by atoms with Crippen LogP contribution in [0, 0.1) is 5.92 Å². The molecule has 0 aromatic heterocycles. The van der Waals surface area contributed by atoms with Crippen molar-refractivity contribution in [2.45, 2.75) is 95.0 Å². The smallest absolute Gasteiger partial charge is 0.155 e. The van der Waals surface area contributed by atoms with Crippen LogP contribution in [0.5, 0.6) is 0 Å². The molecule has 0 spiro atoms.